The zero-order chi connectivity index (χ0) is 10.6. The molecule has 1 unspecified atom stereocenters. The molecule has 0 aliphatic rings. The summed E-state index contributed by atoms with van der Waals surface area (Å²) in [6.07, 6.45) is 1.03. The summed E-state index contributed by atoms with van der Waals surface area (Å²) in [5.74, 6) is 0.431. The van der Waals surface area contributed by atoms with Gasteiger partial charge in [-0.1, -0.05) is 18.2 Å². The molecule has 1 aromatic carbocycles. The molecule has 78 valence electrons. The highest BCUT2D eigenvalue weighted by Crippen LogP contribution is 2.27. The Hall–Kier alpha value is -0.800. The number of benzene rings is 1. The van der Waals surface area contributed by atoms with Gasteiger partial charge in [0.15, 0.2) is 9.84 Å². The van der Waals surface area contributed by atoms with E-state index in [0.717, 1.165) is 6.26 Å². The first kappa shape index (κ1) is 11.3. The normalized spacial score (nSPS) is 13.5. The lowest BCUT2D eigenvalue weighted by atomic mass is 10.3. The molecule has 0 aliphatic carbocycles. The number of hydrogen-bond acceptors (Lipinski definition) is 4. The van der Waals surface area contributed by atoms with E-state index in [4.69, 9.17) is 4.52 Å². The molecule has 0 spiro atoms. The minimum absolute atomic E-state index is 0.410. The Kier molecular flexibility index (Phi) is 3.72. The number of rotatable bonds is 4. The molecule has 4 nitrogen and oxygen atoms in total. The average Bonchev–Trinajstić information content (AvgIpc) is 2.02. The first-order valence-corrected chi connectivity index (χ1v) is 7.49. The van der Waals surface area contributed by atoms with Gasteiger partial charge in [0.1, 0.15) is 11.2 Å². The Morgan fingerprint density at radius 3 is 2.36 bits per heavy atom. The molecule has 0 radical (unpaired) electrons. The molecule has 0 bridgehead atoms. The quantitative estimate of drug-likeness (QED) is 0.741. The lowest BCUT2D eigenvalue weighted by molar-refractivity contribution is 0.508. The van der Waals surface area contributed by atoms with Crippen LogP contribution in [0.5, 0.6) is 5.75 Å². The van der Waals surface area contributed by atoms with Gasteiger partial charge in [-0.15, -0.1) is 0 Å². The zero-order valence-corrected chi connectivity index (χ0v) is 9.45. The van der Waals surface area contributed by atoms with E-state index in [2.05, 4.69) is 0 Å². The lowest BCUT2D eigenvalue weighted by Gasteiger charge is -2.03. The Morgan fingerprint density at radius 2 is 1.86 bits per heavy atom. The molecule has 14 heavy (non-hydrogen) atoms. The van der Waals surface area contributed by atoms with Crippen molar-refractivity contribution >= 4 is 17.9 Å². The van der Waals surface area contributed by atoms with Crippen molar-refractivity contribution in [3.63, 3.8) is 0 Å². The van der Waals surface area contributed by atoms with Gasteiger partial charge in [-0.2, -0.15) is 0 Å². The molecule has 0 saturated carbocycles. The molecular formula is C8H11O4PS. The SMILES string of the molecule is CS(=O)(=O)C[PH](=O)Oc1ccccc1. The van der Waals surface area contributed by atoms with Crippen molar-refractivity contribution in [2.45, 2.75) is 0 Å². The summed E-state index contributed by atoms with van der Waals surface area (Å²) >= 11 is 0. The molecule has 1 rings (SSSR count). The molecule has 0 aromatic heterocycles. The second-order valence-corrected chi connectivity index (χ2v) is 6.81. The summed E-state index contributed by atoms with van der Waals surface area (Å²) in [4.78, 5) is 0. The molecule has 0 saturated heterocycles. The van der Waals surface area contributed by atoms with Crippen LogP contribution in [0.15, 0.2) is 30.3 Å². The minimum Gasteiger partial charge on any atom is -0.444 e. The van der Waals surface area contributed by atoms with E-state index in [1.54, 1.807) is 30.3 Å². The summed E-state index contributed by atoms with van der Waals surface area (Å²) < 4.78 is 37.7. The van der Waals surface area contributed by atoms with Crippen LogP contribution in [-0.2, 0) is 14.4 Å². The number of para-hydroxylation sites is 1. The van der Waals surface area contributed by atoms with E-state index >= 15 is 0 Å². The van der Waals surface area contributed by atoms with Gasteiger partial charge in [-0.3, -0.25) is 4.57 Å². The van der Waals surface area contributed by atoms with Crippen molar-refractivity contribution < 1.29 is 17.5 Å². The summed E-state index contributed by atoms with van der Waals surface area (Å²) in [6, 6.07) is 8.51. The number of hydrogen-bond donors (Lipinski definition) is 0. The van der Waals surface area contributed by atoms with Gasteiger partial charge in [0.25, 0.3) is 8.03 Å². The fraction of sp³-hybridized carbons (Fsp3) is 0.250. The van der Waals surface area contributed by atoms with Crippen LogP contribution in [0, 0.1) is 0 Å². The number of sulfone groups is 1. The second-order valence-electron chi connectivity index (χ2n) is 2.86. The zero-order valence-electron chi connectivity index (χ0n) is 7.64. The summed E-state index contributed by atoms with van der Waals surface area (Å²) in [6.45, 7) is 0. The molecular weight excluding hydrogens is 223 g/mol. The molecule has 0 amide bonds. The minimum atomic E-state index is -3.24. The maximum atomic E-state index is 11.2. The fourth-order valence-corrected chi connectivity index (χ4v) is 3.21. The van der Waals surface area contributed by atoms with Gasteiger partial charge in [-0.25, -0.2) is 8.42 Å². The Bertz CT molecular complexity index is 412. The monoisotopic (exact) mass is 234 g/mol. The van der Waals surface area contributed by atoms with E-state index < -0.39 is 23.4 Å². The summed E-state index contributed by atoms with van der Waals surface area (Å²) in [5.41, 5.74) is -0.410. The Balaban J connectivity index is 2.59. The maximum Gasteiger partial charge on any atom is 0.251 e. The second kappa shape index (κ2) is 4.62. The van der Waals surface area contributed by atoms with Crippen molar-refractivity contribution in [2.24, 2.45) is 0 Å². The third kappa shape index (κ3) is 4.44. The first-order chi connectivity index (χ1) is 6.47. The van der Waals surface area contributed by atoms with Crippen LogP contribution in [0.3, 0.4) is 0 Å². The average molecular weight is 234 g/mol. The van der Waals surface area contributed by atoms with Gasteiger partial charge >= 0.3 is 0 Å². The van der Waals surface area contributed by atoms with Crippen LogP contribution < -0.4 is 4.52 Å². The Labute approximate surface area is 83.7 Å². The van der Waals surface area contributed by atoms with Gasteiger partial charge in [0, 0.05) is 6.26 Å². The van der Waals surface area contributed by atoms with E-state index in [1.165, 1.54) is 0 Å². The molecule has 6 heteroatoms. The first-order valence-electron chi connectivity index (χ1n) is 3.91. The third-order valence-electron chi connectivity index (χ3n) is 1.35. The van der Waals surface area contributed by atoms with Crippen molar-refractivity contribution in [3.05, 3.63) is 30.3 Å². The van der Waals surface area contributed by atoms with Crippen LogP contribution in [0.2, 0.25) is 0 Å². The molecule has 1 atom stereocenters. The largest absolute Gasteiger partial charge is 0.444 e. The molecule has 0 fully saturated rings. The van der Waals surface area contributed by atoms with Gasteiger partial charge in [0.05, 0.1) is 0 Å². The maximum absolute atomic E-state index is 11.2. The van der Waals surface area contributed by atoms with Crippen LogP contribution in [0.25, 0.3) is 0 Å². The lowest BCUT2D eigenvalue weighted by Crippen LogP contribution is -2.00. The predicted molar refractivity (Wildman–Crippen MR) is 55.8 cm³/mol. The van der Waals surface area contributed by atoms with Crippen LogP contribution in [0.1, 0.15) is 0 Å². The predicted octanol–water partition coefficient (Wildman–Crippen LogP) is 1.54. The van der Waals surface area contributed by atoms with E-state index in [0.29, 0.717) is 5.75 Å². The van der Waals surface area contributed by atoms with E-state index in [9.17, 15) is 13.0 Å². The van der Waals surface area contributed by atoms with Crippen molar-refractivity contribution in [1.82, 2.24) is 0 Å². The third-order valence-corrected chi connectivity index (χ3v) is 4.86. The van der Waals surface area contributed by atoms with Crippen molar-refractivity contribution in [3.8, 4) is 5.75 Å². The summed E-state index contributed by atoms with van der Waals surface area (Å²) in [7, 11) is -5.77. The van der Waals surface area contributed by atoms with Crippen LogP contribution in [-0.4, -0.2) is 20.2 Å². The standard InChI is InChI=1S/C8H11O4PS/c1-14(10,11)7-13(9)12-8-5-3-2-4-6-8/h2-6,13H,7H2,1H3. The topological polar surface area (TPSA) is 60.4 Å². The van der Waals surface area contributed by atoms with Gasteiger partial charge in [-0.05, 0) is 12.1 Å². The van der Waals surface area contributed by atoms with Crippen LogP contribution >= 0.6 is 8.03 Å². The van der Waals surface area contributed by atoms with E-state index in [-0.39, 0.29) is 0 Å². The molecule has 0 heterocycles. The van der Waals surface area contributed by atoms with Crippen molar-refractivity contribution in [2.75, 3.05) is 11.7 Å². The Morgan fingerprint density at radius 1 is 1.29 bits per heavy atom. The molecule has 1 aromatic rings. The fourth-order valence-electron chi connectivity index (χ4n) is 0.864. The summed E-state index contributed by atoms with van der Waals surface area (Å²) in [5, 5.41) is 0. The van der Waals surface area contributed by atoms with Gasteiger partial charge < -0.3 is 4.52 Å². The highest BCUT2D eigenvalue weighted by Gasteiger charge is 2.10. The molecule has 0 N–H and O–H groups in total. The van der Waals surface area contributed by atoms with E-state index in [1.807, 2.05) is 0 Å². The smallest absolute Gasteiger partial charge is 0.251 e. The van der Waals surface area contributed by atoms with Crippen molar-refractivity contribution in [1.29, 1.82) is 0 Å². The highest BCUT2D eigenvalue weighted by molar-refractivity contribution is 7.95. The molecule has 0 aliphatic heterocycles. The highest BCUT2D eigenvalue weighted by atomic mass is 32.2. The van der Waals surface area contributed by atoms with Crippen LogP contribution in [0.4, 0.5) is 0 Å². The van der Waals surface area contributed by atoms with Gasteiger partial charge in [0.2, 0.25) is 0 Å².